The van der Waals surface area contributed by atoms with Crippen LogP contribution in [0.15, 0.2) is 128 Å². The van der Waals surface area contributed by atoms with E-state index in [0.29, 0.717) is 29.8 Å². The molecule has 3 N–H and O–H groups in total. The van der Waals surface area contributed by atoms with Crippen molar-refractivity contribution in [3.63, 3.8) is 0 Å². The number of nitrogens with one attached hydrogen (secondary N) is 3. The standard InChI is InChI=1S/C43H47N5O3/c1-3-4-5-6-13-28-45-43(51)48(2)37-20-15-18-35(30-37)33-25-23-32(24-26-33)29-40(42(50)46-31-36-19-12-14-27-44-36)47-39-22-11-10-21-38(39)41(49)34-16-8-7-9-17-34/h7-12,14-27,30,40,47H,3-6,13,28-29,31H2,1-2H3,(H,45,51)(H,46,50)/t40-/m0/s1. The van der Waals surface area contributed by atoms with Crippen molar-refractivity contribution in [2.45, 2.75) is 58.0 Å². The molecule has 1 atom stereocenters. The van der Waals surface area contributed by atoms with Gasteiger partial charge in [0, 0.05) is 48.7 Å². The van der Waals surface area contributed by atoms with Gasteiger partial charge in [0.2, 0.25) is 5.91 Å². The number of rotatable bonds is 17. The molecule has 5 rings (SSSR count). The van der Waals surface area contributed by atoms with Gasteiger partial charge in [-0.1, -0.05) is 118 Å². The second kappa shape index (κ2) is 18.9. The molecule has 0 saturated heterocycles. The number of carbonyl (C=O) groups excluding carboxylic acids is 3. The van der Waals surface area contributed by atoms with E-state index in [-0.39, 0.29) is 24.3 Å². The lowest BCUT2D eigenvalue weighted by atomic mass is 9.98. The van der Waals surface area contributed by atoms with Gasteiger partial charge in [0.1, 0.15) is 6.04 Å². The largest absolute Gasteiger partial charge is 0.373 e. The summed E-state index contributed by atoms with van der Waals surface area (Å²) < 4.78 is 0. The predicted octanol–water partition coefficient (Wildman–Crippen LogP) is 8.44. The first-order valence-electron chi connectivity index (χ1n) is 17.8. The number of aromatic nitrogens is 1. The molecule has 0 fully saturated rings. The number of hydrogen-bond donors (Lipinski definition) is 3. The fraction of sp³-hybridized carbons (Fsp3) is 0.256. The maximum atomic E-state index is 13.7. The lowest BCUT2D eigenvalue weighted by Crippen LogP contribution is -2.41. The number of para-hydroxylation sites is 1. The number of anilines is 2. The van der Waals surface area contributed by atoms with E-state index in [1.165, 1.54) is 19.3 Å². The smallest absolute Gasteiger partial charge is 0.321 e. The highest BCUT2D eigenvalue weighted by atomic mass is 16.2. The quantitative estimate of drug-likeness (QED) is 0.0675. The molecule has 8 nitrogen and oxygen atoms in total. The highest BCUT2D eigenvalue weighted by Gasteiger charge is 2.22. The average Bonchev–Trinajstić information content (AvgIpc) is 3.18. The molecule has 3 amide bonds. The van der Waals surface area contributed by atoms with Crippen LogP contribution in [0, 0.1) is 0 Å². The molecule has 0 aliphatic heterocycles. The van der Waals surface area contributed by atoms with Crippen LogP contribution in [0.2, 0.25) is 0 Å². The summed E-state index contributed by atoms with van der Waals surface area (Å²) in [4.78, 5) is 46.0. The highest BCUT2D eigenvalue weighted by molar-refractivity contribution is 6.12. The minimum atomic E-state index is -0.675. The van der Waals surface area contributed by atoms with Gasteiger partial charge in [-0.05, 0) is 59.5 Å². The summed E-state index contributed by atoms with van der Waals surface area (Å²) in [5, 5.41) is 9.44. The Bertz CT molecular complexity index is 1860. The number of nitrogens with zero attached hydrogens (tertiary/aromatic N) is 2. The molecule has 8 heteroatoms. The highest BCUT2D eigenvalue weighted by Crippen LogP contribution is 2.26. The zero-order valence-electron chi connectivity index (χ0n) is 29.5. The van der Waals surface area contributed by atoms with Crippen molar-refractivity contribution in [1.82, 2.24) is 15.6 Å². The van der Waals surface area contributed by atoms with Crippen molar-refractivity contribution >= 4 is 29.1 Å². The van der Waals surface area contributed by atoms with Gasteiger partial charge in [-0.15, -0.1) is 0 Å². The monoisotopic (exact) mass is 681 g/mol. The van der Waals surface area contributed by atoms with Crippen LogP contribution in [-0.2, 0) is 17.8 Å². The van der Waals surface area contributed by atoms with Gasteiger partial charge in [-0.2, -0.15) is 0 Å². The maximum absolute atomic E-state index is 13.7. The molecule has 0 saturated carbocycles. The summed E-state index contributed by atoms with van der Waals surface area (Å²) in [6.45, 7) is 3.14. The zero-order chi connectivity index (χ0) is 35.8. The lowest BCUT2D eigenvalue weighted by Gasteiger charge is -2.22. The van der Waals surface area contributed by atoms with Gasteiger partial charge in [0.05, 0.1) is 12.2 Å². The minimum Gasteiger partial charge on any atom is -0.373 e. The molecule has 0 unspecified atom stereocenters. The van der Waals surface area contributed by atoms with Gasteiger partial charge in [0.25, 0.3) is 0 Å². The molecule has 0 aliphatic rings. The van der Waals surface area contributed by atoms with E-state index in [2.05, 4.69) is 27.9 Å². The van der Waals surface area contributed by atoms with Crippen LogP contribution < -0.4 is 20.9 Å². The molecule has 51 heavy (non-hydrogen) atoms. The van der Waals surface area contributed by atoms with Gasteiger partial charge in [0.15, 0.2) is 5.78 Å². The van der Waals surface area contributed by atoms with E-state index in [9.17, 15) is 14.4 Å². The molecule has 0 bridgehead atoms. The molecule has 262 valence electrons. The maximum Gasteiger partial charge on any atom is 0.321 e. The van der Waals surface area contributed by atoms with Crippen LogP contribution in [0.3, 0.4) is 0 Å². The van der Waals surface area contributed by atoms with Gasteiger partial charge in [-0.3, -0.25) is 19.5 Å². The lowest BCUT2D eigenvalue weighted by molar-refractivity contribution is -0.122. The predicted molar refractivity (Wildman–Crippen MR) is 206 cm³/mol. The normalized spacial score (nSPS) is 11.3. The van der Waals surface area contributed by atoms with E-state index in [4.69, 9.17) is 0 Å². The molecule has 0 radical (unpaired) electrons. The van der Waals surface area contributed by atoms with Crippen molar-refractivity contribution in [2.75, 3.05) is 23.8 Å². The molecular formula is C43H47N5O3. The first kappa shape index (κ1) is 36.5. The Morgan fingerprint density at radius 2 is 1.47 bits per heavy atom. The fourth-order valence-corrected chi connectivity index (χ4v) is 5.88. The van der Waals surface area contributed by atoms with Crippen molar-refractivity contribution in [2.24, 2.45) is 0 Å². The third kappa shape index (κ3) is 10.6. The van der Waals surface area contributed by atoms with E-state index in [0.717, 1.165) is 40.9 Å². The summed E-state index contributed by atoms with van der Waals surface area (Å²) in [6.07, 6.45) is 7.80. The Kier molecular flexibility index (Phi) is 13.5. The fourth-order valence-electron chi connectivity index (χ4n) is 5.88. The second-order valence-corrected chi connectivity index (χ2v) is 12.6. The third-order valence-corrected chi connectivity index (χ3v) is 8.85. The first-order valence-corrected chi connectivity index (χ1v) is 17.8. The van der Waals surface area contributed by atoms with Crippen molar-refractivity contribution in [3.05, 3.63) is 150 Å². The van der Waals surface area contributed by atoms with Gasteiger partial charge < -0.3 is 16.0 Å². The van der Waals surface area contributed by atoms with Gasteiger partial charge >= 0.3 is 6.03 Å². The summed E-state index contributed by atoms with van der Waals surface area (Å²) >= 11 is 0. The molecule has 5 aromatic rings. The number of carbonyl (C=O) groups is 3. The summed E-state index contributed by atoms with van der Waals surface area (Å²) in [5.74, 6) is -0.329. The van der Waals surface area contributed by atoms with Crippen molar-refractivity contribution in [3.8, 4) is 11.1 Å². The van der Waals surface area contributed by atoms with Crippen LogP contribution in [0.1, 0.15) is 66.2 Å². The number of amides is 3. The number of unbranched alkanes of at least 4 members (excludes halogenated alkanes) is 4. The van der Waals surface area contributed by atoms with Crippen LogP contribution in [-0.4, -0.2) is 42.3 Å². The average molecular weight is 682 g/mol. The number of ketones is 1. The Balaban J connectivity index is 1.30. The van der Waals surface area contributed by atoms with Crippen molar-refractivity contribution < 1.29 is 14.4 Å². The Hall–Kier alpha value is -5.76. The van der Waals surface area contributed by atoms with Crippen LogP contribution in [0.4, 0.5) is 16.2 Å². The number of hydrogen-bond acceptors (Lipinski definition) is 5. The number of benzene rings is 4. The third-order valence-electron chi connectivity index (χ3n) is 8.85. The number of urea groups is 1. The summed E-state index contributed by atoms with van der Waals surface area (Å²) in [5.41, 5.74) is 6.13. The number of pyridine rings is 1. The second-order valence-electron chi connectivity index (χ2n) is 12.6. The summed E-state index contributed by atoms with van der Waals surface area (Å²) in [6, 6.07) is 37.2. The van der Waals surface area contributed by atoms with Crippen LogP contribution in [0.25, 0.3) is 11.1 Å². The molecule has 0 aliphatic carbocycles. The van der Waals surface area contributed by atoms with E-state index >= 15 is 0 Å². The molecule has 1 aromatic heterocycles. The Labute approximate surface area is 301 Å². The first-order chi connectivity index (χ1) is 24.9. The SMILES string of the molecule is CCCCCCCNC(=O)N(C)c1cccc(-c2ccc(C[C@H](Nc3ccccc3C(=O)c3ccccc3)C(=O)NCc3ccccn3)cc2)c1. The van der Waals surface area contributed by atoms with Gasteiger partial charge in [-0.25, -0.2) is 4.79 Å². The van der Waals surface area contributed by atoms with Crippen LogP contribution in [0.5, 0.6) is 0 Å². The molecular weight excluding hydrogens is 635 g/mol. The van der Waals surface area contributed by atoms with E-state index in [1.807, 2.05) is 103 Å². The van der Waals surface area contributed by atoms with Crippen LogP contribution >= 0.6 is 0 Å². The Morgan fingerprint density at radius 3 is 2.24 bits per heavy atom. The van der Waals surface area contributed by atoms with E-state index in [1.54, 1.807) is 36.3 Å². The zero-order valence-corrected chi connectivity index (χ0v) is 29.5. The molecule has 4 aromatic carbocycles. The minimum absolute atomic E-state index is 0.120. The summed E-state index contributed by atoms with van der Waals surface area (Å²) in [7, 11) is 1.78. The van der Waals surface area contributed by atoms with E-state index < -0.39 is 6.04 Å². The topological polar surface area (TPSA) is 103 Å². The Morgan fingerprint density at radius 1 is 0.725 bits per heavy atom. The molecule has 0 spiro atoms. The van der Waals surface area contributed by atoms with Crippen molar-refractivity contribution in [1.29, 1.82) is 0 Å². The molecule has 1 heterocycles.